The van der Waals surface area contributed by atoms with E-state index < -0.39 is 5.97 Å². The molecule has 0 saturated heterocycles. The van der Waals surface area contributed by atoms with Gasteiger partial charge in [0.05, 0.1) is 0 Å². The van der Waals surface area contributed by atoms with Crippen molar-refractivity contribution in [1.82, 2.24) is 0 Å². The maximum absolute atomic E-state index is 11.6. The summed E-state index contributed by atoms with van der Waals surface area (Å²) in [5.41, 5.74) is 0. The quantitative estimate of drug-likeness (QED) is 0.464. The molecule has 0 heterocycles. The Bertz CT molecular complexity index is 236. The van der Waals surface area contributed by atoms with Gasteiger partial charge in [-0.25, -0.2) is 0 Å². The van der Waals surface area contributed by atoms with Gasteiger partial charge in [0, 0.05) is 19.3 Å². The number of aliphatic carboxylic acids is 1. The normalized spacial score (nSPS) is 10.6. The molecule has 3 nitrogen and oxygen atoms in total. The highest BCUT2D eigenvalue weighted by molar-refractivity contribution is 5.78. The van der Waals surface area contributed by atoms with Gasteiger partial charge in [-0.2, -0.15) is 0 Å². The van der Waals surface area contributed by atoms with Crippen LogP contribution in [0, 0.1) is 0 Å². The molecule has 0 aromatic carbocycles. The first-order chi connectivity index (χ1) is 9.16. The minimum absolute atomic E-state index is 0.274. The Balaban J connectivity index is 3.18. The van der Waals surface area contributed by atoms with Gasteiger partial charge < -0.3 is 5.11 Å². The van der Waals surface area contributed by atoms with Crippen LogP contribution in [0.1, 0.15) is 90.4 Å². The SMILES string of the molecule is CCCCCCCC(=O)CCCCCCCC(=O)O. The van der Waals surface area contributed by atoms with Crippen molar-refractivity contribution in [3.8, 4) is 0 Å². The Morgan fingerprint density at radius 3 is 1.58 bits per heavy atom. The Hall–Kier alpha value is -0.860. The van der Waals surface area contributed by atoms with Gasteiger partial charge in [0.15, 0.2) is 0 Å². The van der Waals surface area contributed by atoms with Gasteiger partial charge in [0.2, 0.25) is 0 Å². The minimum Gasteiger partial charge on any atom is -0.481 e. The highest BCUT2D eigenvalue weighted by atomic mass is 16.4. The molecule has 0 amide bonds. The summed E-state index contributed by atoms with van der Waals surface area (Å²) in [6, 6.07) is 0. The number of hydrogen-bond acceptors (Lipinski definition) is 2. The number of carbonyl (C=O) groups excluding carboxylic acids is 1. The molecular formula is C16H30O3. The zero-order chi connectivity index (χ0) is 14.3. The van der Waals surface area contributed by atoms with Crippen molar-refractivity contribution in [1.29, 1.82) is 0 Å². The predicted molar refractivity (Wildman–Crippen MR) is 78.3 cm³/mol. The average molecular weight is 270 g/mol. The Kier molecular flexibility index (Phi) is 13.0. The molecule has 0 aliphatic heterocycles. The molecule has 3 heteroatoms. The maximum Gasteiger partial charge on any atom is 0.303 e. The lowest BCUT2D eigenvalue weighted by molar-refractivity contribution is -0.137. The van der Waals surface area contributed by atoms with E-state index in [-0.39, 0.29) is 6.42 Å². The highest BCUT2D eigenvalue weighted by Gasteiger charge is 2.02. The van der Waals surface area contributed by atoms with Crippen LogP contribution in [0.2, 0.25) is 0 Å². The molecule has 0 bridgehead atoms. The molecule has 0 aromatic heterocycles. The molecule has 0 unspecified atom stereocenters. The fraction of sp³-hybridized carbons (Fsp3) is 0.875. The van der Waals surface area contributed by atoms with E-state index in [0.717, 1.165) is 44.9 Å². The first-order valence-corrected chi connectivity index (χ1v) is 7.90. The largest absolute Gasteiger partial charge is 0.481 e. The molecular weight excluding hydrogens is 240 g/mol. The van der Waals surface area contributed by atoms with Crippen LogP contribution in [0.3, 0.4) is 0 Å². The average Bonchev–Trinajstić information content (AvgIpc) is 2.37. The second-order valence-corrected chi connectivity index (χ2v) is 5.36. The third-order valence-electron chi connectivity index (χ3n) is 3.41. The summed E-state index contributed by atoms with van der Waals surface area (Å²) in [5, 5.41) is 8.48. The van der Waals surface area contributed by atoms with E-state index in [0.29, 0.717) is 12.2 Å². The predicted octanol–water partition coefficient (Wildman–Crippen LogP) is 4.73. The van der Waals surface area contributed by atoms with Crippen molar-refractivity contribution in [2.24, 2.45) is 0 Å². The molecule has 0 spiro atoms. The topological polar surface area (TPSA) is 54.4 Å². The van der Waals surface area contributed by atoms with Crippen LogP contribution in [0.25, 0.3) is 0 Å². The number of hydrogen-bond donors (Lipinski definition) is 1. The van der Waals surface area contributed by atoms with Gasteiger partial charge in [-0.1, -0.05) is 51.9 Å². The van der Waals surface area contributed by atoms with Crippen LogP contribution in [0.5, 0.6) is 0 Å². The second kappa shape index (κ2) is 13.6. The van der Waals surface area contributed by atoms with Gasteiger partial charge in [-0.3, -0.25) is 9.59 Å². The smallest absolute Gasteiger partial charge is 0.303 e. The van der Waals surface area contributed by atoms with E-state index >= 15 is 0 Å². The lowest BCUT2D eigenvalue weighted by Crippen LogP contribution is -1.98. The summed E-state index contributed by atoms with van der Waals surface area (Å²) < 4.78 is 0. The number of carboxylic acid groups (broad SMARTS) is 1. The minimum atomic E-state index is -0.710. The molecule has 0 radical (unpaired) electrons. The van der Waals surface area contributed by atoms with Gasteiger partial charge in [-0.05, 0) is 19.3 Å². The van der Waals surface area contributed by atoms with Gasteiger partial charge in [-0.15, -0.1) is 0 Å². The van der Waals surface area contributed by atoms with Crippen LogP contribution in [-0.2, 0) is 9.59 Å². The number of ketones is 1. The van der Waals surface area contributed by atoms with Crippen LogP contribution in [-0.4, -0.2) is 16.9 Å². The molecule has 1 N–H and O–H groups in total. The zero-order valence-electron chi connectivity index (χ0n) is 12.5. The van der Waals surface area contributed by atoms with Crippen molar-refractivity contribution < 1.29 is 14.7 Å². The van der Waals surface area contributed by atoms with Crippen LogP contribution in [0.15, 0.2) is 0 Å². The van der Waals surface area contributed by atoms with Crippen molar-refractivity contribution in [2.75, 3.05) is 0 Å². The first kappa shape index (κ1) is 18.1. The van der Waals surface area contributed by atoms with Crippen molar-refractivity contribution >= 4 is 11.8 Å². The molecule has 0 aromatic rings. The van der Waals surface area contributed by atoms with Crippen molar-refractivity contribution in [3.63, 3.8) is 0 Å². The van der Waals surface area contributed by atoms with E-state index in [1.807, 2.05) is 0 Å². The van der Waals surface area contributed by atoms with Gasteiger partial charge in [0.1, 0.15) is 5.78 Å². The van der Waals surface area contributed by atoms with E-state index in [9.17, 15) is 9.59 Å². The van der Waals surface area contributed by atoms with Gasteiger partial charge in [0.25, 0.3) is 0 Å². The fourth-order valence-electron chi connectivity index (χ4n) is 2.18. The molecule has 0 aliphatic carbocycles. The lowest BCUT2D eigenvalue weighted by atomic mass is 10.0. The summed E-state index contributed by atoms with van der Waals surface area (Å²) in [7, 11) is 0. The number of carbonyl (C=O) groups is 2. The van der Waals surface area contributed by atoms with Crippen LogP contribution >= 0.6 is 0 Å². The van der Waals surface area contributed by atoms with Crippen molar-refractivity contribution in [3.05, 3.63) is 0 Å². The highest BCUT2D eigenvalue weighted by Crippen LogP contribution is 2.10. The Morgan fingerprint density at radius 2 is 1.11 bits per heavy atom. The number of unbranched alkanes of at least 4 members (excludes halogenated alkanes) is 8. The molecule has 0 rings (SSSR count). The summed E-state index contributed by atoms with van der Waals surface area (Å²) in [6.07, 6.45) is 12.6. The lowest BCUT2D eigenvalue weighted by Gasteiger charge is -2.02. The molecule has 0 saturated carbocycles. The molecule has 0 aliphatic rings. The molecule has 0 fully saturated rings. The fourth-order valence-corrected chi connectivity index (χ4v) is 2.18. The van der Waals surface area contributed by atoms with Gasteiger partial charge >= 0.3 is 5.97 Å². The summed E-state index contributed by atoms with van der Waals surface area (Å²) in [6.45, 7) is 2.20. The number of carboxylic acids is 1. The molecule has 19 heavy (non-hydrogen) atoms. The van der Waals surface area contributed by atoms with Crippen LogP contribution < -0.4 is 0 Å². The molecule has 112 valence electrons. The first-order valence-electron chi connectivity index (χ1n) is 7.90. The Morgan fingerprint density at radius 1 is 0.684 bits per heavy atom. The van der Waals surface area contributed by atoms with E-state index in [4.69, 9.17) is 5.11 Å². The monoisotopic (exact) mass is 270 g/mol. The van der Waals surface area contributed by atoms with E-state index in [1.54, 1.807) is 0 Å². The second-order valence-electron chi connectivity index (χ2n) is 5.36. The zero-order valence-corrected chi connectivity index (χ0v) is 12.5. The maximum atomic E-state index is 11.6. The standard InChI is InChI=1S/C16H30O3/c1-2-3-4-6-9-12-15(17)13-10-7-5-8-11-14-16(18)19/h2-14H2,1H3,(H,18,19). The molecule has 0 atom stereocenters. The number of Topliss-reactive ketones (excluding diaryl/α,β-unsaturated/α-hetero) is 1. The third-order valence-corrected chi connectivity index (χ3v) is 3.41. The number of rotatable bonds is 14. The van der Waals surface area contributed by atoms with E-state index in [2.05, 4.69) is 6.92 Å². The third kappa shape index (κ3) is 15.1. The van der Waals surface area contributed by atoms with Crippen LogP contribution in [0.4, 0.5) is 0 Å². The van der Waals surface area contributed by atoms with Crippen molar-refractivity contribution in [2.45, 2.75) is 90.4 Å². The summed E-state index contributed by atoms with van der Waals surface area (Å²) in [4.78, 5) is 21.9. The summed E-state index contributed by atoms with van der Waals surface area (Å²) >= 11 is 0. The van der Waals surface area contributed by atoms with E-state index in [1.165, 1.54) is 25.7 Å². The summed E-state index contributed by atoms with van der Waals surface area (Å²) in [5.74, 6) is -0.305. The Labute approximate surface area is 117 Å².